The van der Waals surface area contributed by atoms with Crippen molar-refractivity contribution < 1.29 is 15.0 Å². The summed E-state index contributed by atoms with van der Waals surface area (Å²) in [5.74, 6) is -1.33. The van der Waals surface area contributed by atoms with E-state index >= 15 is 0 Å². The van der Waals surface area contributed by atoms with Crippen molar-refractivity contribution in [2.24, 2.45) is 0 Å². The van der Waals surface area contributed by atoms with Gasteiger partial charge in [0.2, 0.25) is 0 Å². The van der Waals surface area contributed by atoms with Crippen LogP contribution in [-0.4, -0.2) is 23.2 Å². The summed E-state index contributed by atoms with van der Waals surface area (Å²) in [5, 5.41) is 18.4. The predicted molar refractivity (Wildman–Crippen MR) is 87.0 cm³/mol. The molecule has 0 fully saturated rings. The van der Waals surface area contributed by atoms with Crippen LogP contribution in [0.15, 0.2) is 48.5 Å². The molecule has 0 bridgehead atoms. The van der Waals surface area contributed by atoms with E-state index < -0.39 is 11.9 Å². The molecule has 116 valence electrons. The number of aliphatic carboxylic acids is 1. The van der Waals surface area contributed by atoms with Crippen LogP contribution in [0.2, 0.25) is 0 Å². The van der Waals surface area contributed by atoms with E-state index in [2.05, 4.69) is 4.90 Å². The molecule has 2 aromatic rings. The highest BCUT2D eigenvalue weighted by atomic mass is 16.4. The van der Waals surface area contributed by atoms with Crippen LogP contribution in [0.1, 0.15) is 29.5 Å². The molecule has 0 aliphatic heterocycles. The number of carboxylic acid groups (broad SMARTS) is 1. The van der Waals surface area contributed by atoms with Gasteiger partial charge in [0, 0.05) is 19.3 Å². The zero-order valence-corrected chi connectivity index (χ0v) is 12.9. The molecule has 1 atom stereocenters. The molecule has 0 aliphatic carbocycles. The van der Waals surface area contributed by atoms with Gasteiger partial charge >= 0.3 is 5.97 Å². The Hall–Kier alpha value is -2.33. The van der Waals surface area contributed by atoms with Crippen LogP contribution in [-0.2, 0) is 17.9 Å². The van der Waals surface area contributed by atoms with Crippen molar-refractivity contribution in [1.82, 2.24) is 0 Å². The van der Waals surface area contributed by atoms with Gasteiger partial charge in [0.25, 0.3) is 0 Å². The highest BCUT2D eigenvalue weighted by Gasteiger charge is 2.13. The van der Waals surface area contributed by atoms with Crippen LogP contribution in [0.25, 0.3) is 0 Å². The topological polar surface area (TPSA) is 60.8 Å². The van der Waals surface area contributed by atoms with Crippen molar-refractivity contribution in [2.45, 2.75) is 26.0 Å². The normalized spacial score (nSPS) is 12.0. The third kappa shape index (κ3) is 3.65. The van der Waals surface area contributed by atoms with Crippen LogP contribution in [0.5, 0.6) is 0 Å². The van der Waals surface area contributed by atoms with Gasteiger partial charge in [0.1, 0.15) is 0 Å². The number of carboxylic acids is 1. The van der Waals surface area contributed by atoms with Gasteiger partial charge in [0.15, 0.2) is 0 Å². The molecular weight excluding hydrogens is 278 g/mol. The van der Waals surface area contributed by atoms with Crippen molar-refractivity contribution >= 4 is 11.7 Å². The molecule has 4 nitrogen and oxygen atoms in total. The highest BCUT2D eigenvalue weighted by Crippen LogP contribution is 2.22. The molecule has 1 unspecified atom stereocenters. The van der Waals surface area contributed by atoms with Gasteiger partial charge in [-0.1, -0.05) is 36.4 Å². The Bertz CT molecular complexity index is 637. The summed E-state index contributed by atoms with van der Waals surface area (Å²) in [4.78, 5) is 13.1. The zero-order chi connectivity index (χ0) is 16.1. The Labute approximate surface area is 130 Å². The third-order valence-corrected chi connectivity index (χ3v) is 3.90. The minimum absolute atomic E-state index is 0.0269. The predicted octanol–water partition coefficient (Wildman–Crippen LogP) is 3.00. The number of rotatable bonds is 6. The van der Waals surface area contributed by atoms with Crippen molar-refractivity contribution in [3.63, 3.8) is 0 Å². The smallest absolute Gasteiger partial charge is 0.310 e. The second kappa shape index (κ2) is 7.09. The van der Waals surface area contributed by atoms with Crippen molar-refractivity contribution in [3.8, 4) is 0 Å². The van der Waals surface area contributed by atoms with E-state index in [0.717, 1.165) is 22.4 Å². The first kappa shape index (κ1) is 16.0. The van der Waals surface area contributed by atoms with Crippen LogP contribution < -0.4 is 4.90 Å². The maximum absolute atomic E-state index is 11.0. The number of aliphatic hydroxyl groups is 1. The second-order valence-electron chi connectivity index (χ2n) is 5.43. The molecule has 4 heteroatoms. The maximum Gasteiger partial charge on any atom is 0.310 e. The van der Waals surface area contributed by atoms with Crippen LogP contribution in [0.4, 0.5) is 5.69 Å². The minimum Gasteiger partial charge on any atom is -0.481 e. The quantitative estimate of drug-likeness (QED) is 0.861. The lowest BCUT2D eigenvalue weighted by molar-refractivity contribution is -0.138. The molecule has 22 heavy (non-hydrogen) atoms. The molecule has 0 amide bonds. The van der Waals surface area contributed by atoms with Gasteiger partial charge in [-0.2, -0.15) is 0 Å². The Kier molecular flexibility index (Phi) is 5.17. The van der Waals surface area contributed by atoms with Gasteiger partial charge in [-0.3, -0.25) is 4.79 Å². The van der Waals surface area contributed by atoms with E-state index in [0.29, 0.717) is 6.54 Å². The summed E-state index contributed by atoms with van der Waals surface area (Å²) >= 11 is 0. The Morgan fingerprint density at radius 1 is 1.09 bits per heavy atom. The van der Waals surface area contributed by atoms with Gasteiger partial charge in [0.05, 0.1) is 12.5 Å². The molecule has 0 heterocycles. The molecule has 0 radical (unpaired) electrons. The molecule has 0 aromatic heterocycles. The monoisotopic (exact) mass is 299 g/mol. The SMILES string of the molecule is CC(C(=O)O)c1ccc(N(C)Cc2ccccc2CO)cc1. The summed E-state index contributed by atoms with van der Waals surface area (Å²) in [6.07, 6.45) is 0. The minimum atomic E-state index is -0.821. The summed E-state index contributed by atoms with van der Waals surface area (Å²) < 4.78 is 0. The lowest BCUT2D eigenvalue weighted by atomic mass is 10.0. The average molecular weight is 299 g/mol. The molecule has 0 saturated carbocycles. The summed E-state index contributed by atoms with van der Waals surface area (Å²) in [7, 11) is 1.98. The fourth-order valence-electron chi connectivity index (χ4n) is 2.37. The first-order valence-electron chi connectivity index (χ1n) is 7.24. The van der Waals surface area contributed by atoms with E-state index in [1.807, 2.05) is 55.6 Å². The summed E-state index contributed by atoms with van der Waals surface area (Å²) in [6.45, 7) is 2.39. The molecule has 0 aliphatic rings. The van der Waals surface area contributed by atoms with Crippen molar-refractivity contribution in [2.75, 3.05) is 11.9 Å². The number of carbonyl (C=O) groups is 1. The molecule has 2 rings (SSSR count). The lowest BCUT2D eigenvalue weighted by Gasteiger charge is -2.21. The fourth-order valence-corrected chi connectivity index (χ4v) is 2.37. The zero-order valence-electron chi connectivity index (χ0n) is 12.9. The number of anilines is 1. The largest absolute Gasteiger partial charge is 0.481 e. The van der Waals surface area contributed by atoms with Gasteiger partial charge in [-0.25, -0.2) is 0 Å². The first-order chi connectivity index (χ1) is 10.5. The van der Waals surface area contributed by atoms with Gasteiger partial charge in [-0.15, -0.1) is 0 Å². The van der Waals surface area contributed by atoms with E-state index in [1.165, 1.54) is 0 Å². The molecule has 2 aromatic carbocycles. The van der Waals surface area contributed by atoms with E-state index in [9.17, 15) is 9.90 Å². The van der Waals surface area contributed by atoms with E-state index in [-0.39, 0.29) is 6.61 Å². The van der Waals surface area contributed by atoms with Crippen LogP contribution >= 0.6 is 0 Å². The third-order valence-electron chi connectivity index (χ3n) is 3.90. The van der Waals surface area contributed by atoms with Crippen LogP contribution in [0.3, 0.4) is 0 Å². The maximum atomic E-state index is 11.0. The lowest BCUT2D eigenvalue weighted by Crippen LogP contribution is -2.17. The Morgan fingerprint density at radius 2 is 1.68 bits per heavy atom. The molecular formula is C18H21NO3. The number of hydrogen-bond acceptors (Lipinski definition) is 3. The second-order valence-corrected chi connectivity index (χ2v) is 5.43. The number of benzene rings is 2. The number of nitrogens with zero attached hydrogens (tertiary/aromatic N) is 1. The number of hydrogen-bond donors (Lipinski definition) is 2. The molecule has 2 N–H and O–H groups in total. The van der Waals surface area contributed by atoms with Gasteiger partial charge in [-0.05, 0) is 35.7 Å². The van der Waals surface area contributed by atoms with E-state index in [1.54, 1.807) is 6.92 Å². The van der Waals surface area contributed by atoms with E-state index in [4.69, 9.17) is 5.11 Å². The fraction of sp³-hybridized carbons (Fsp3) is 0.278. The standard InChI is InChI=1S/C18H21NO3/c1-13(18(21)22)14-7-9-17(10-8-14)19(2)11-15-5-3-4-6-16(15)12-20/h3-10,13,20H,11-12H2,1-2H3,(H,21,22). The summed E-state index contributed by atoms with van der Waals surface area (Å²) in [6, 6.07) is 15.3. The molecule has 0 saturated heterocycles. The summed E-state index contributed by atoms with van der Waals surface area (Å²) in [5.41, 5.74) is 3.80. The van der Waals surface area contributed by atoms with Crippen LogP contribution in [0, 0.1) is 0 Å². The average Bonchev–Trinajstić information content (AvgIpc) is 2.54. The number of aliphatic hydroxyl groups excluding tert-OH is 1. The Morgan fingerprint density at radius 3 is 2.23 bits per heavy atom. The first-order valence-corrected chi connectivity index (χ1v) is 7.24. The van der Waals surface area contributed by atoms with Gasteiger partial charge < -0.3 is 15.1 Å². The molecule has 0 spiro atoms. The highest BCUT2D eigenvalue weighted by molar-refractivity contribution is 5.75. The van der Waals surface area contributed by atoms with Crippen molar-refractivity contribution in [1.29, 1.82) is 0 Å². The van der Waals surface area contributed by atoms with Crippen molar-refractivity contribution in [3.05, 3.63) is 65.2 Å². The Balaban J connectivity index is 2.13.